The van der Waals surface area contributed by atoms with E-state index in [4.69, 9.17) is 8.85 Å². The van der Waals surface area contributed by atoms with E-state index in [2.05, 4.69) is 106 Å². The van der Waals surface area contributed by atoms with Crippen LogP contribution in [0.4, 0.5) is 0 Å². The first kappa shape index (κ1) is 32.5. The van der Waals surface area contributed by atoms with Crippen LogP contribution in [0.5, 0.6) is 0 Å². The van der Waals surface area contributed by atoms with Gasteiger partial charge in [-0.2, -0.15) is 0 Å². The molecule has 5 heteroatoms. The van der Waals surface area contributed by atoms with Gasteiger partial charge < -0.3 is 13.6 Å². The van der Waals surface area contributed by atoms with Gasteiger partial charge in [0.15, 0.2) is 16.6 Å². The smallest absolute Gasteiger partial charge is 0.192 e. The quantitative estimate of drug-likeness (QED) is 0.173. The molecule has 39 heavy (non-hydrogen) atoms. The Kier molecular flexibility index (Phi) is 9.45. The van der Waals surface area contributed by atoms with Gasteiger partial charge in [0, 0.05) is 12.3 Å². The molecule has 0 spiro atoms. The lowest BCUT2D eigenvalue weighted by molar-refractivity contribution is -0.110. The zero-order valence-electron chi connectivity index (χ0n) is 27.3. The molecule has 0 N–H and O–H groups in total. The zero-order chi connectivity index (χ0) is 29.6. The molecule has 3 nitrogen and oxygen atoms in total. The highest BCUT2D eigenvalue weighted by molar-refractivity contribution is 6.74. The van der Waals surface area contributed by atoms with Gasteiger partial charge in [-0.05, 0) is 90.8 Å². The number of hydrogen-bond acceptors (Lipinski definition) is 3. The van der Waals surface area contributed by atoms with E-state index in [1.54, 1.807) is 0 Å². The van der Waals surface area contributed by atoms with E-state index in [9.17, 15) is 4.79 Å². The number of aldehydes is 1. The van der Waals surface area contributed by atoms with Gasteiger partial charge in [-0.1, -0.05) is 91.3 Å². The minimum atomic E-state index is -1.98. The molecule has 1 unspecified atom stereocenters. The molecule has 3 aliphatic rings. The SMILES string of the molecule is C=C1/C(=C/C=C2\CCC[C@]3(C)C(C(C)C=O)=CC[C@@H]23)C[C@@H](O[Si](C)(C)C(C)(C)C)C[C@@H]1O[Si](C)(C)C(C)(C)C. The topological polar surface area (TPSA) is 35.5 Å². The summed E-state index contributed by atoms with van der Waals surface area (Å²) in [6.07, 6.45) is 14.7. The molecule has 2 saturated carbocycles. The lowest BCUT2D eigenvalue weighted by Gasteiger charge is -2.45. The van der Waals surface area contributed by atoms with E-state index >= 15 is 0 Å². The third-order valence-electron chi connectivity index (χ3n) is 11.0. The van der Waals surface area contributed by atoms with Crippen LogP contribution in [0.1, 0.15) is 93.9 Å². The van der Waals surface area contributed by atoms with Crippen LogP contribution < -0.4 is 0 Å². The van der Waals surface area contributed by atoms with Gasteiger partial charge in [0.05, 0.1) is 12.2 Å². The second-order valence-corrected chi connectivity index (χ2v) is 25.4. The molecule has 0 aromatic heterocycles. The molecule has 0 aromatic carbocycles. The van der Waals surface area contributed by atoms with Crippen molar-refractivity contribution in [3.05, 3.63) is 47.1 Å². The molecular weight excluding hydrogens is 513 g/mol. The van der Waals surface area contributed by atoms with Crippen LogP contribution in [-0.2, 0) is 13.6 Å². The Balaban J connectivity index is 1.93. The molecule has 220 valence electrons. The van der Waals surface area contributed by atoms with Gasteiger partial charge in [0.1, 0.15) is 6.29 Å². The molecule has 3 aliphatic carbocycles. The predicted octanol–water partition coefficient (Wildman–Crippen LogP) is 9.94. The Morgan fingerprint density at radius 1 is 1.03 bits per heavy atom. The van der Waals surface area contributed by atoms with Crippen molar-refractivity contribution in [1.82, 2.24) is 0 Å². The number of carbonyl (C=O) groups is 1. The molecule has 0 bridgehead atoms. The van der Waals surface area contributed by atoms with Crippen LogP contribution in [0.25, 0.3) is 0 Å². The molecule has 5 atom stereocenters. The predicted molar refractivity (Wildman–Crippen MR) is 172 cm³/mol. The minimum absolute atomic E-state index is 0.00359. The Morgan fingerprint density at radius 2 is 1.62 bits per heavy atom. The zero-order valence-corrected chi connectivity index (χ0v) is 29.3. The first-order chi connectivity index (χ1) is 17.7. The summed E-state index contributed by atoms with van der Waals surface area (Å²) in [6, 6.07) is 0. The molecular formula is C34H58O3Si2. The molecule has 2 fully saturated rings. The average molecular weight is 571 g/mol. The fourth-order valence-corrected chi connectivity index (χ4v) is 9.07. The van der Waals surface area contributed by atoms with Crippen LogP contribution >= 0.6 is 0 Å². The average Bonchev–Trinajstić information content (AvgIpc) is 3.15. The van der Waals surface area contributed by atoms with Gasteiger partial charge in [-0.3, -0.25) is 0 Å². The van der Waals surface area contributed by atoms with Crippen molar-refractivity contribution in [3.63, 3.8) is 0 Å². The summed E-state index contributed by atoms with van der Waals surface area (Å²) in [4.78, 5) is 11.6. The third-order valence-corrected chi connectivity index (χ3v) is 20.1. The summed E-state index contributed by atoms with van der Waals surface area (Å²) in [7, 11) is -3.90. The highest BCUT2D eigenvalue weighted by Gasteiger charge is 2.47. The third kappa shape index (κ3) is 6.73. The van der Waals surface area contributed by atoms with Gasteiger partial charge in [0.25, 0.3) is 0 Å². The fraction of sp³-hybridized carbons (Fsp3) is 0.735. The second kappa shape index (κ2) is 11.3. The van der Waals surface area contributed by atoms with Gasteiger partial charge in [0.2, 0.25) is 0 Å². The maximum atomic E-state index is 11.6. The van der Waals surface area contributed by atoms with Crippen molar-refractivity contribution in [3.8, 4) is 0 Å². The van der Waals surface area contributed by atoms with Crippen molar-refractivity contribution in [2.75, 3.05) is 0 Å². The number of allylic oxidation sites excluding steroid dienone is 5. The minimum Gasteiger partial charge on any atom is -0.413 e. The fourth-order valence-electron chi connectivity index (χ4n) is 6.40. The van der Waals surface area contributed by atoms with Crippen molar-refractivity contribution < 1.29 is 13.6 Å². The Morgan fingerprint density at radius 3 is 2.18 bits per heavy atom. The number of rotatable bonds is 7. The Hall–Kier alpha value is -1.02. The Labute approximate surface area is 242 Å². The van der Waals surface area contributed by atoms with Crippen molar-refractivity contribution in [2.45, 2.75) is 142 Å². The van der Waals surface area contributed by atoms with Crippen molar-refractivity contribution >= 4 is 22.9 Å². The molecule has 0 saturated heterocycles. The highest BCUT2D eigenvalue weighted by Crippen LogP contribution is 2.56. The summed E-state index contributed by atoms with van der Waals surface area (Å²) in [5, 5.41) is 0.312. The van der Waals surface area contributed by atoms with Crippen LogP contribution in [0.2, 0.25) is 36.3 Å². The molecule has 0 radical (unpaired) electrons. The molecule has 0 aromatic rings. The number of fused-ring (bicyclic) bond motifs is 1. The van der Waals surface area contributed by atoms with E-state index in [1.807, 2.05) is 0 Å². The van der Waals surface area contributed by atoms with Gasteiger partial charge in [-0.25, -0.2) is 0 Å². The second-order valence-electron chi connectivity index (χ2n) is 15.9. The Bertz CT molecular complexity index is 1030. The number of hydrogen-bond donors (Lipinski definition) is 0. The van der Waals surface area contributed by atoms with E-state index in [1.165, 1.54) is 29.6 Å². The first-order valence-corrected chi connectivity index (χ1v) is 21.2. The van der Waals surface area contributed by atoms with E-state index < -0.39 is 16.6 Å². The summed E-state index contributed by atoms with van der Waals surface area (Å²) < 4.78 is 14.0. The monoisotopic (exact) mass is 570 g/mol. The molecule has 0 heterocycles. The van der Waals surface area contributed by atoms with Crippen LogP contribution in [0, 0.1) is 17.3 Å². The van der Waals surface area contributed by atoms with Crippen LogP contribution in [0.15, 0.2) is 47.1 Å². The largest absolute Gasteiger partial charge is 0.413 e. The van der Waals surface area contributed by atoms with Crippen LogP contribution in [0.3, 0.4) is 0 Å². The molecule has 3 rings (SSSR count). The van der Waals surface area contributed by atoms with Crippen LogP contribution in [-0.4, -0.2) is 35.1 Å². The molecule has 0 amide bonds. The normalized spacial score (nSPS) is 31.8. The summed E-state index contributed by atoms with van der Waals surface area (Å²) >= 11 is 0. The highest BCUT2D eigenvalue weighted by atomic mass is 28.4. The molecule has 0 aliphatic heterocycles. The lowest BCUT2D eigenvalue weighted by atomic mass is 9.62. The van der Waals surface area contributed by atoms with Crippen molar-refractivity contribution in [2.24, 2.45) is 17.3 Å². The van der Waals surface area contributed by atoms with Crippen molar-refractivity contribution in [1.29, 1.82) is 0 Å². The maximum absolute atomic E-state index is 11.6. The lowest BCUT2D eigenvalue weighted by Crippen LogP contribution is -2.49. The van der Waals surface area contributed by atoms with Gasteiger partial charge in [-0.15, -0.1) is 0 Å². The summed E-state index contributed by atoms with van der Waals surface area (Å²) in [5.41, 5.74) is 5.43. The van der Waals surface area contributed by atoms with E-state index in [0.29, 0.717) is 5.92 Å². The standard InChI is InChI=1S/C34H58O3Si2/c1-24(23-35)29-18-19-30-26(15-14-20-34(29,30)9)16-17-27-21-28(36-38(10,11)32(3,4)5)22-31(25(27)2)37-39(12,13)33(6,7)8/h16-18,23-24,28,30-31H,2,14-15,19-22H2,1,3-13H3/b26-16+,27-17+/t24?,28-,30+,31+,34-/m1/s1. The van der Waals surface area contributed by atoms with E-state index in [0.717, 1.165) is 37.5 Å². The summed E-state index contributed by atoms with van der Waals surface area (Å²) in [6.45, 7) is 32.4. The van der Waals surface area contributed by atoms with Gasteiger partial charge >= 0.3 is 0 Å². The summed E-state index contributed by atoms with van der Waals surface area (Å²) in [5.74, 6) is 0.508. The number of carbonyl (C=O) groups excluding carboxylic acids is 1. The van der Waals surface area contributed by atoms with E-state index in [-0.39, 0.29) is 33.6 Å². The first-order valence-electron chi connectivity index (χ1n) is 15.3. The maximum Gasteiger partial charge on any atom is 0.192 e.